The highest BCUT2D eigenvalue weighted by Crippen LogP contribution is 2.21. The molecule has 0 saturated heterocycles. The van der Waals surface area contributed by atoms with E-state index >= 15 is 0 Å². The van der Waals surface area contributed by atoms with Crippen LogP contribution in [-0.4, -0.2) is 24.7 Å². The van der Waals surface area contributed by atoms with Gasteiger partial charge in [-0.05, 0) is 25.1 Å². The van der Waals surface area contributed by atoms with Crippen LogP contribution in [0.2, 0.25) is 0 Å². The van der Waals surface area contributed by atoms with Crippen LogP contribution in [0.25, 0.3) is 0 Å². The molecule has 5 heteroatoms. The number of hydrogen-bond acceptors (Lipinski definition) is 4. The number of rotatable bonds is 4. The lowest BCUT2D eigenvalue weighted by Crippen LogP contribution is -2.23. The fourth-order valence-corrected chi connectivity index (χ4v) is 1.54. The number of nitrogens with zero attached hydrogens (tertiary/aromatic N) is 2. The quantitative estimate of drug-likeness (QED) is 0.770. The van der Waals surface area contributed by atoms with Gasteiger partial charge in [0.1, 0.15) is 0 Å². The largest absolute Gasteiger partial charge is 0.478 e. The van der Waals surface area contributed by atoms with E-state index in [0.717, 1.165) is 5.69 Å². The van der Waals surface area contributed by atoms with E-state index in [1.165, 1.54) is 6.07 Å². The Bertz CT molecular complexity index is 465. The summed E-state index contributed by atoms with van der Waals surface area (Å²) in [6.07, 6.45) is 0. The number of carboxylic acids is 1. The highest BCUT2D eigenvalue weighted by Gasteiger charge is 2.11. The lowest BCUT2D eigenvalue weighted by atomic mass is 10.1. The van der Waals surface area contributed by atoms with Gasteiger partial charge in [-0.1, -0.05) is 0 Å². The van der Waals surface area contributed by atoms with Crippen LogP contribution in [0, 0.1) is 17.2 Å². The number of benzene rings is 1. The first-order valence-electron chi connectivity index (χ1n) is 5.19. The Hall–Kier alpha value is -2.22. The van der Waals surface area contributed by atoms with E-state index in [0.29, 0.717) is 6.54 Å². The smallest absolute Gasteiger partial charge is 0.337 e. The second-order valence-corrected chi connectivity index (χ2v) is 3.99. The maximum absolute atomic E-state index is 10.8. The SMILES string of the molecule is CC(C#N)CN(C)c1ccc(C(=O)O)c(N)c1. The molecule has 1 atom stereocenters. The highest BCUT2D eigenvalue weighted by atomic mass is 16.4. The topological polar surface area (TPSA) is 90.3 Å². The van der Waals surface area contributed by atoms with Crippen molar-refractivity contribution in [1.82, 2.24) is 0 Å². The number of hydrogen-bond donors (Lipinski definition) is 2. The second kappa shape index (κ2) is 5.21. The van der Waals surface area contributed by atoms with Crippen molar-refractivity contribution >= 4 is 17.3 Å². The summed E-state index contributed by atoms with van der Waals surface area (Å²) in [4.78, 5) is 12.7. The van der Waals surface area contributed by atoms with Crippen molar-refractivity contribution in [2.75, 3.05) is 24.2 Å². The number of aromatic carboxylic acids is 1. The highest BCUT2D eigenvalue weighted by molar-refractivity contribution is 5.94. The van der Waals surface area contributed by atoms with Crippen LogP contribution in [0.15, 0.2) is 18.2 Å². The fraction of sp³-hybridized carbons (Fsp3) is 0.333. The molecular weight excluding hydrogens is 218 g/mol. The molecule has 0 bridgehead atoms. The minimum Gasteiger partial charge on any atom is -0.478 e. The summed E-state index contributed by atoms with van der Waals surface area (Å²) < 4.78 is 0. The Labute approximate surface area is 100 Å². The van der Waals surface area contributed by atoms with Crippen molar-refractivity contribution in [2.45, 2.75) is 6.92 Å². The molecule has 0 fully saturated rings. The average Bonchev–Trinajstić information content (AvgIpc) is 2.28. The molecule has 1 unspecified atom stereocenters. The van der Waals surface area contributed by atoms with Gasteiger partial charge in [0.05, 0.1) is 17.6 Å². The van der Waals surface area contributed by atoms with Crippen molar-refractivity contribution in [2.24, 2.45) is 5.92 Å². The van der Waals surface area contributed by atoms with Crippen molar-refractivity contribution in [3.8, 4) is 6.07 Å². The molecule has 0 heterocycles. The maximum atomic E-state index is 10.8. The van der Waals surface area contributed by atoms with Gasteiger partial charge < -0.3 is 15.7 Å². The molecule has 0 radical (unpaired) electrons. The van der Waals surface area contributed by atoms with Gasteiger partial charge in [0.25, 0.3) is 0 Å². The maximum Gasteiger partial charge on any atom is 0.337 e. The number of nitrogens with two attached hydrogens (primary N) is 1. The number of anilines is 2. The zero-order chi connectivity index (χ0) is 13.0. The number of carbonyl (C=O) groups is 1. The fourth-order valence-electron chi connectivity index (χ4n) is 1.54. The predicted molar refractivity (Wildman–Crippen MR) is 65.9 cm³/mol. The zero-order valence-corrected chi connectivity index (χ0v) is 9.84. The van der Waals surface area contributed by atoms with Gasteiger partial charge in [0, 0.05) is 25.0 Å². The molecule has 1 rings (SSSR count). The van der Waals surface area contributed by atoms with Crippen LogP contribution in [0.3, 0.4) is 0 Å². The summed E-state index contributed by atoms with van der Waals surface area (Å²) >= 11 is 0. The first-order chi connectivity index (χ1) is 7.95. The number of nitriles is 1. The molecule has 0 saturated carbocycles. The minimum atomic E-state index is -1.04. The van der Waals surface area contributed by atoms with Crippen molar-refractivity contribution in [3.63, 3.8) is 0 Å². The Kier molecular flexibility index (Phi) is 3.94. The minimum absolute atomic E-state index is 0.0930. The molecule has 17 heavy (non-hydrogen) atoms. The normalized spacial score (nSPS) is 11.6. The summed E-state index contributed by atoms with van der Waals surface area (Å²) in [5, 5.41) is 17.6. The van der Waals surface area contributed by atoms with Crippen LogP contribution in [-0.2, 0) is 0 Å². The van der Waals surface area contributed by atoms with Crippen LogP contribution in [0.5, 0.6) is 0 Å². The van der Waals surface area contributed by atoms with Gasteiger partial charge in [0.2, 0.25) is 0 Å². The second-order valence-electron chi connectivity index (χ2n) is 3.99. The lowest BCUT2D eigenvalue weighted by Gasteiger charge is -2.21. The van der Waals surface area contributed by atoms with Crippen LogP contribution in [0.1, 0.15) is 17.3 Å². The first-order valence-corrected chi connectivity index (χ1v) is 5.19. The standard InChI is InChI=1S/C12H15N3O2/c1-8(6-13)7-15(2)9-3-4-10(12(16)17)11(14)5-9/h3-5,8H,7,14H2,1-2H3,(H,16,17). The molecule has 1 aromatic rings. The van der Waals surface area contributed by atoms with E-state index in [1.807, 2.05) is 18.9 Å². The Morgan fingerprint density at radius 2 is 2.29 bits per heavy atom. The van der Waals surface area contributed by atoms with Gasteiger partial charge >= 0.3 is 5.97 Å². The molecule has 0 amide bonds. The van der Waals surface area contributed by atoms with Crippen LogP contribution >= 0.6 is 0 Å². The molecule has 0 aliphatic carbocycles. The summed E-state index contributed by atoms with van der Waals surface area (Å²) in [6.45, 7) is 2.40. The van der Waals surface area contributed by atoms with Crippen LogP contribution < -0.4 is 10.6 Å². The van der Waals surface area contributed by atoms with Crippen molar-refractivity contribution in [1.29, 1.82) is 5.26 Å². The Balaban J connectivity index is 2.90. The Morgan fingerprint density at radius 3 is 2.76 bits per heavy atom. The van der Waals surface area contributed by atoms with E-state index < -0.39 is 5.97 Å². The van der Waals surface area contributed by atoms with Crippen LogP contribution in [0.4, 0.5) is 11.4 Å². The molecular formula is C12H15N3O2. The predicted octanol–water partition coefficient (Wildman–Crippen LogP) is 1.56. The third-order valence-corrected chi connectivity index (χ3v) is 2.47. The summed E-state index contributed by atoms with van der Waals surface area (Å²) in [5.41, 5.74) is 6.77. The zero-order valence-electron chi connectivity index (χ0n) is 9.84. The molecule has 1 aromatic carbocycles. The molecule has 5 nitrogen and oxygen atoms in total. The van der Waals surface area contributed by atoms with Crippen molar-refractivity contribution < 1.29 is 9.90 Å². The summed E-state index contributed by atoms with van der Waals surface area (Å²) in [7, 11) is 1.84. The Morgan fingerprint density at radius 1 is 1.65 bits per heavy atom. The lowest BCUT2D eigenvalue weighted by molar-refractivity contribution is 0.0698. The van der Waals surface area contributed by atoms with Crippen molar-refractivity contribution in [3.05, 3.63) is 23.8 Å². The van der Waals surface area contributed by atoms with E-state index in [4.69, 9.17) is 16.1 Å². The summed E-state index contributed by atoms with van der Waals surface area (Å²) in [5.74, 6) is -1.14. The number of carboxylic acid groups (broad SMARTS) is 1. The monoisotopic (exact) mass is 233 g/mol. The third kappa shape index (κ3) is 3.11. The van der Waals surface area contributed by atoms with E-state index in [9.17, 15) is 4.79 Å². The van der Waals surface area contributed by atoms with Gasteiger partial charge in [-0.25, -0.2) is 4.79 Å². The van der Waals surface area contributed by atoms with E-state index in [-0.39, 0.29) is 17.2 Å². The van der Waals surface area contributed by atoms with Gasteiger partial charge in [-0.3, -0.25) is 0 Å². The molecule has 3 N–H and O–H groups in total. The number of nitrogen functional groups attached to an aromatic ring is 1. The van der Waals surface area contributed by atoms with Gasteiger partial charge in [-0.15, -0.1) is 0 Å². The summed E-state index contributed by atoms with van der Waals surface area (Å²) in [6, 6.07) is 6.90. The molecule has 0 aliphatic heterocycles. The molecule has 0 aromatic heterocycles. The van der Waals surface area contributed by atoms with Gasteiger partial charge in [0.15, 0.2) is 0 Å². The molecule has 0 aliphatic rings. The molecule has 90 valence electrons. The van der Waals surface area contributed by atoms with E-state index in [1.54, 1.807) is 12.1 Å². The van der Waals surface area contributed by atoms with Gasteiger partial charge in [-0.2, -0.15) is 5.26 Å². The third-order valence-electron chi connectivity index (χ3n) is 2.47. The average molecular weight is 233 g/mol. The molecule has 0 spiro atoms. The first kappa shape index (κ1) is 12.8. The van der Waals surface area contributed by atoms with E-state index in [2.05, 4.69) is 6.07 Å².